The molecule has 0 fully saturated rings. The summed E-state index contributed by atoms with van der Waals surface area (Å²) in [5.74, 6) is 0. The van der Waals surface area contributed by atoms with Crippen molar-refractivity contribution < 1.29 is 24.5 Å². The topological polar surface area (TPSA) is 51.8 Å². The largest absolute Gasteiger partial charge is 0.486 e. The molecule has 4 aromatic carbocycles. The molecule has 0 bridgehead atoms. The van der Waals surface area contributed by atoms with Crippen LogP contribution in [0.4, 0.5) is 0 Å². The van der Waals surface area contributed by atoms with Gasteiger partial charge in [-0.1, -0.05) is 96.2 Å². The van der Waals surface area contributed by atoms with Crippen LogP contribution in [0.2, 0.25) is 0 Å². The summed E-state index contributed by atoms with van der Waals surface area (Å²) in [6, 6.07) is 45.8. The van der Waals surface area contributed by atoms with E-state index in [1.165, 1.54) is 22.3 Å². The Morgan fingerprint density at radius 3 is 2.10 bits per heavy atom. The number of pyridine rings is 3. The normalized spacial score (nSPS) is 10.8. The van der Waals surface area contributed by atoms with E-state index in [4.69, 9.17) is 14.4 Å². The van der Waals surface area contributed by atoms with Gasteiger partial charge in [-0.15, -0.1) is 53.6 Å². The molecule has 0 N–H and O–H groups in total. The molecule has 243 valence electrons. The molecule has 0 amide bonds. The van der Waals surface area contributed by atoms with E-state index >= 15 is 0 Å². The Morgan fingerprint density at radius 2 is 1.39 bits per heavy atom. The zero-order valence-electron chi connectivity index (χ0n) is 27.9. The van der Waals surface area contributed by atoms with Gasteiger partial charge >= 0.3 is 0 Å². The predicted molar refractivity (Wildman–Crippen MR) is 196 cm³/mol. The molecular formula is C44H35IrN3O-2. The summed E-state index contributed by atoms with van der Waals surface area (Å²) in [6.07, 6.45) is 4.62. The van der Waals surface area contributed by atoms with Gasteiger partial charge in [0.15, 0.2) is 0 Å². The quantitative estimate of drug-likeness (QED) is 0.162. The maximum atomic E-state index is 6.29. The van der Waals surface area contributed by atoms with Gasteiger partial charge < -0.3 is 14.4 Å². The van der Waals surface area contributed by atoms with Gasteiger partial charge in [0.1, 0.15) is 0 Å². The van der Waals surface area contributed by atoms with Crippen molar-refractivity contribution in [3.8, 4) is 33.6 Å². The molecule has 5 heteroatoms. The summed E-state index contributed by atoms with van der Waals surface area (Å²) in [5.41, 5.74) is 14.6. The van der Waals surface area contributed by atoms with Gasteiger partial charge in [-0.2, -0.15) is 0 Å². The van der Waals surface area contributed by atoms with E-state index in [2.05, 4.69) is 118 Å². The monoisotopic (exact) mass is 814 g/mol. The van der Waals surface area contributed by atoms with E-state index in [0.29, 0.717) is 5.71 Å². The smallest absolute Gasteiger partial charge is 0.216 e. The fourth-order valence-electron chi connectivity index (χ4n) is 5.80. The van der Waals surface area contributed by atoms with E-state index in [0.717, 1.165) is 67.7 Å². The minimum absolute atomic E-state index is 0. The van der Waals surface area contributed by atoms with Crippen LogP contribution in [0.15, 0.2) is 132 Å². The molecule has 49 heavy (non-hydrogen) atoms. The molecule has 0 unspecified atom stereocenters. The number of benzene rings is 4. The van der Waals surface area contributed by atoms with Crippen LogP contribution < -0.4 is 0 Å². The van der Waals surface area contributed by atoms with Gasteiger partial charge in [0.05, 0.1) is 5.58 Å². The Labute approximate surface area is 301 Å². The molecule has 0 spiro atoms. The first-order valence-electron chi connectivity index (χ1n) is 16.1. The van der Waals surface area contributed by atoms with Crippen LogP contribution in [0.3, 0.4) is 0 Å². The van der Waals surface area contributed by atoms with Crippen molar-refractivity contribution in [1.82, 2.24) is 15.0 Å². The van der Waals surface area contributed by atoms with Crippen molar-refractivity contribution in [3.63, 3.8) is 0 Å². The Balaban J connectivity index is 0.000000220. The second kappa shape index (κ2) is 14.9. The molecule has 0 aliphatic rings. The number of furan rings is 1. The summed E-state index contributed by atoms with van der Waals surface area (Å²) < 4.78 is 6.29. The average molecular weight is 814 g/mol. The molecule has 4 heterocycles. The second-order valence-corrected chi connectivity index (χ2v) is 12.2. The number of aromatic nitrogens is 3. The average Bonchev–Trinajstić information content (AvgIpc) is 3.49. The molecule has 4 nitrogen and oxygen atoms in total. The Kier molecular flexibility index (Phi) is 10.2. The second-order valence-electron chi connectivity index (χ2n) is 12.2. The minimum atomic E-state index is 0. The van der Waals surface area contributed by atoms with Crippen molar-refractivity contribution in [3.05, 3.63) is 173 Å². The van der Waals surface area contributed by atoms with Crippen molar-refractivity contribution in [2.75, 3.05) is 0 Å². The first kappa shape index (κ1) is 33.7. The van der Waals surface area contributed by atoms with Crippen LogP contribution in [0, 0.1) is 39.8 Å². The summed E-state index contributed by atoms with van der Waals surface area (Å²) in [6.45, 7) is 8.36. The standard InChI is InChI=1S/C30H21N2O.C14H14N.Ir/c1-20-17-28(31-19-27(20)22-11-6-3-7-12-22)26-14-8-13-24-25-16-15-23(32-30(25)33-29(24)26)18-21-9-4-2-5-10-21;1-10-4-6-13(7-5-10)14-8-11(2)12(3)9-15-14;/h2-13,15-17,19H,18H2,1H3;4-6,8-9H,1-3H3;/q2*-1;. The summed E-state index contributed by atoms with van der Waals surface area (Å²) in [5, 5.41) is 2.04. The fraction of sp³-hybridized carbons (Fsp3) is 0.114. The minimum Gasteiger partial charge on any atom is -0.486 e. The molecule has 1 radical (unpaired) electrons. The van der Waals surface area contributed by atoms with Crippen molar-refractivity contribution in [1.29, 1.82) is 0 Å². The predicted octanol–water partition coefficient (Wildman–Crippen LogP) is 10.9. The number of aryl methyl sites for hydroxylation is 4. The van der Waals surface area contributed by atoms with Gasteiger partial charge in [0.2, 0.25) is 5.71 Å². The first-order valence-corrected chi connectivity index (χ1v) is 16.1. The molecule has 0 atom stereocenters. The molecular weight excluding hydrogens is 779 g/mol. The Morgan fingerprint density at radius 1 is 0.653 bits per heavy atom. The fourth-order valence-corrected chi connectivity index (χ4v) is 5.80. The molecule has 0 aliphatic carbocycles. The van der Waals surface area contributed by atoms with Crippen molar-refractivity contribution in [2.24, 2.45) is 0 Å². The molecule has 8 aromatic rings. The zero-order valence-corrected chi connectivity index (χ0v) is 30.3. The summed E-state index contributed by atoms with van der Waals surface area (Å²) >= 11 is 0. The Bertz CT molecular complexity index is 2350. The van der Waals surface area contributed by atoms with Crippen molar-refractivity contribution in [2.45, 2.75) is 34.1 Å². The zero-order chi connectivity index (χ0) is 33.0. The maximum Gasteiger partial charge on any atom is 0.216 e. The molecule has 4 aromatic heterocycles. The number of rotatable bonds is 5. The van der Waals surface area contributed by atoms with Gasteiger partial charge in [0.25, 0.3) is 0 Å². The Hall–Kier alpha value is -5.22. The third kappa shape index (κ3) is 7.44. The van der Waals surface area contributed by atoms with Crippen LogP contribution in [0.1, 0.15) is 33.5 Å². The van der Waals surface area contributed by atoms with E-state index in [1.54, 1.807) is 0 Å². The van der Waals surface area contributed by atoms with Crippen LogP contribution in [-0.4, -0.2) is 15.0 Å². The molecule has 8 rings (SSSR count). The molecule has 0 saturated heterocycles. The SMILES string of the molecule is Cc1c[c-]c(-c2cc(C)c(C)cn2)cc1.Cc1cc(-c2[c-]ccc3c2oc2nc(Cc4ccccc4)ccc23)ncc1-c1ccccc1.[Ir]. The summed E-state index contributed by atoms with van der Waals surface area (Å²) in [4.78, 5) is 14.0. The van der Waals surface area contributed by atoms with Crippen LogP contribution >= 0.6 is 0 Å². The van der Waals surface area contributed by atoms with Gasteiger partial charge in [-0.25, -0.2) is 4.98 Å². The van der Waals surface area contributed by atoms with E-state index in [9.17, 15) is 0 Å². The van der Waals surface area contributed by atoms with E-state index in [-0.39, 0.29) is 20.1 Å². The van der Waals surface area contributed by atoms with Crippen molar-refractivity contribution >= 4 is 22.1 Å². The third-order valence-corrected chi connectivity index (χ3v) is 8.65. The third-order valence-electron chi connectivity index (χ3n) is 8.65. The summed E-state index contributed by atoms with van der Waals surface area (Å²) in [7, 11) is 0. The van der Waals surface area contributed by atoms with Crippen LogP contribution in [0.5, 0.6) is 0 Å². The van der Waals surface area contributed by atoms with Gasteiger partial charge in [-0.3, -0.25) is 0 Å². The van der Waals surface area contributed by atoms with Gasteiger partial charge in [0, 0.05) is 55.6 Å². The number of nitrogens with zero attached hydrogens (tertiary/aromatic N) is 3. The number of hydrogen-bond donors (Lipinski definition) is 0. The number of fused-ring (bicyclic) bond motifs is 3. The van der Waals surface area contributed by atoms with Crippen LogP contribution in [0.25, 0.3) is 55.7 Å². The molecule has 0 saturated carbocycles. The first-order chi connectivity index (χ1) is 23.4. The van der Waals surface area contributed by atoms with Gasteiger partial charge in [-0.05, 0) is 66.5 Å². The van der Waals surface area contributed by atoms with E-state index in [1.807, 2.05) is 54.9 Å². The molecule has 0 aliphatic heterocycles. The maximum absolute atomic E-state index is 6.29. The van der Waals surface area contributed by atoms with Crippen LogP contribution in [-0.2, 0) is 26.5 Å². The van der Waals surface area contributed by atoms with E-state index < -0.39 is 0 Å². The number of hydrogen-bond acceptors (Lipinski definition) is 4.